The molecule has 0 spiro atoms. The summed E-state index contributed by atoms with van der Waals surface area (Å²) in [7, 11) is 1.90. The van der Waals surface area contributed by atoms with Crippen molar-refractivity contribution in [1.82, 2.24) is 9.78 Å². The Morgan fingerprint density at radius 3 is 2.37 bits per heavy atom. The van der Waals surface area contributed by atoms with Crippen LogP contribution in [0.15, 0.2) is 24.3 Å². The van der Waals surface area contributed by atoms with Crippen LogP contribution in [0.1, 0.15) is 36.4 Å². The quantitative estimate of drug-likeness (QED) is 0.917. The number of hydrogen-bond donors (Lipinski definition) is 1. The van der Waals surface area contributed by atoms with Gasteiger partial charge in [0, 0.05) is 7.05 Å². The number of aromatic nitrogens is 2. The summed E-state index contributed by atoms with van der Waals surface area (Å²) in [4.78, 5) is 0. The van der Waals surface area contributed by atoms with E-state index in [0.717, 1.165) is 28.5 Å². The van der Waals surface area contributed by atoms with Crippen LogP contribution in [0.3, 0.4) is 0 Å². The molecule has 1 aromatic heterocycles. The summed E-state index contributed by atoms with van der Waals surface area (Å²) >= 11 is 0. The zero-order chi connectivity index (χ0) is 14.0. The lowest BCUT2D eigenvalue weighted by Crippen LogP contribution is -1.95. The van der Waals surface area contributed by atoms with Gasteiger partial charge < -0.3 is 9.84 Å². The highest BCUT2D eigenvalue weighted by molar-refractivity contribution is 5.38. The van der Waals surface area contributed by atoms with Crippen LogP contribution >= 0.6 is 0 Å². The number of rotatable bonds is 4. The fraction of sp³-hybridized carbons (Fsp3) is 0.400. The van der Waals surface area contributed by atoms with E-state index >= 15 is 0 Å². The summed E-state index contributed by atoms with van der Waals surface area (Å²) in [6, 6.07) is 7.54. The van der Waals surface area contributed by atoms with Crippen LogP contribution in [0.25, 0.3) is 0 Å². The molecule has 1 aromatic carbocycles. The molecule has 1 atom stereocenters. The van der Waals surface area contributed by atoms with Crippen molar-refractivity contribution in [3.05, 3.63) is 41.2 Å². The van der Waals surface area contributed by atoms with Crippen molar-refractivity contribution in [2.24, 2.45) is 7.05 Å². The Labute approximate surface area is 113 Å². The molecule has 2 aromatic rings. The van der Waals surface area contributed by atoms with Crippen molar-refractivity contribution in [3.8, 4) is 11.5 Å². The number of aryl methyl sites for hydroxylation is 2. The second-order valence-electron chi connectivity index (χ2n) is 4.72. The Bertz CT molecular complexity index is 558. The standard InChI is InChI=1S/C15H20N2O2/c1-5-14(18)12-6-8-13(9-7-12)19-15-10(2)16-17(4)11(15)3/h6-9,14,18H,5H2,1-4H3. The van der Waals surface area contributed by atoms with Gasteiger partial charge in [-0.3, -0.25) is 4.68 Å². The maximum atomic E-state index is 9.75. The van der Waals surface area contributed by atoms with Gasteiger partial charge in [-0.1, -0.05) is 19.1 Å². The second-order valence-corrected chi connectivity index (χ2v) is 4.72. The van der Waals surface area contributed by atoms with E-state index in [1.807, 2.05) is 52.1 Å². The average molecular weight is 260 g/mol. The van der Waals surface area contributed by atoms with Gasteiger partial charge in [0.25, 0.3) is 0 Å². The van der Waals surface area contributed by atoms with Crippen molar-refractivity contribution >= 4 is 0 Å². The zero-order valence-electron chi connectivity index (χ0n) is 11.8. The van der Waals surface area contributed by atoms with Gasteiger partial charge in [0.05, 0.1) is 11.8 Å². The van der Waals surface area contributed by atoms with Crippen molar-refractivity contribution in [3.63, 3.8) is 0 Å². The topological polar surface area (TPSA) is 47.3 Å². The summed E-state index contributed by atoms with van der Waals surface area (Å²) in [5.74, 6) is 1.55. The molecule has 0 radical (unpaired) electrons. The lowest BCUT2D eigenvalue weighted by atomic mass is 10.1. The molecular formula is C15H20N2O2. The van der Waals surface area contributed by atoms with E-state index in [1.165, 1.54) is 0 Å². The van der Waals surface area contributed by atoms with Gasteiger partial charge in [-0.05, 0) is 38.0 Å². The Morgan fingerprint density at radius 1 is 1.26 bits per heavy atom. The number of aliphatic hydroxyl groups is 1. The van der Waals surface area contributed by atoms with Crippen LogP contribution in [0.2, 0.25) is 0 Å². The number of benzene rings is 1. The summed E-state index contributed by atoms with van der Waals surface area (Å²) < 4.78 is 7.67. The monoisotopic (exact) mass is 260 g/mol. The van der Waals surface area contributed by atoms with Gasteiger partial charge in [-0.2, -0.15) is 5.10 Å². The average Bonchev–Trinajstić information content (AvgIpc) is 2.65. The first-order valence-corrected chi connectivity index (χ1v) is 6.49. The highest BCUT2D eigenvalue weighted by Crippen LogP contribution is 2.29. The molecule has 2 rings (SSSR count). The first-order valence-electron chi connectivity index (χ1n) is 6.49. The molecule has 1 N–H and O–H groups in total. The molecule has 0 aliphatic carbocycles. The van der Waals surface area contributed by atoms with Gasteiger partial charge in [0.2, 0.25) is 0 Å². The number of nitrogens with zero attached hydrogens (tertiary/aromatic N) is 2. The van der Waals surface area contributed by atoms with E-state index in [-0.39, 0.29) is 0 Å². The van der Waals surface area contributed by atoms with Crippen LogP contribution in [0, 0.1) is 13.8 Å². The summed E-state index contributed by atoms with van der Waals surface area (Å²) in [6.45, 7) is 5.86. The van der Waals surface area contributed by atoms with Crippen LogP contribution < -0.4 is 4.74 Å². The summed E-state index contributed by atoms with van der Waals surface area (Å²) in [5.41, 5.74) is 2.78. The molecule has 0 saturated heterocycles. The van der Waals surface area contributed by atoms with Gasteiger partial charge >= 0.3 is 0 Å². The summed E-state index contributed by atoms with van der Waals surface area (Å²) in [6.07, 6.45) is 0.303. The minimum absolute atomic E-state index is 0.407. The number of hydrogen-bond acceptors (Lipinski definition) is 3. The predicted molar refractivity (Wildman–Crippen MR) is 74.4 cm³/mol. The molecule has 19 heavy (non-hydrogen) atoms. The van der Waals surface area contributed by atoms with E-state index in [2.05, 4.69) is 5.10 Å². The Balaban J connectivity index is 2.20. The lowest BCUT2D eigenvalue weighted by molar-refractivity contribution is 0.173. The Kier molecular flexibility index (Phi) is 3.90. The van der Waals surface area contributed by atoms with Crippen molar-refractivity contribution in [1.29, 1.82) is 0 Å². The van der Waals surface area contributed by atoms with Gasteiger partial charge in [-0.15, -0.1) is 0 Å². The Morgan fingerprint density at radius 2 is 1.89 bits per heavy atom. The lowest BCUT2D eigenvalue weighted by Gasteiger charge is -2.10. The van der Waals surface area contributed by atoms with Crippen molar-refractivity contribution < 1.29 is 9.84 Å². The third kappa shape index (κ3) is 2.79. The summed E-state index contributed by atoms with van der Waals surface area (Å²) in [5, 5.41) is 14.1. The van der Waals surface area contributed by atoms with Crippen LogP contribution in [0.5, 0.6) is 11.5 Å². The van der Waals surface area contributed by atoms with Crippen LogP contribution in [0.4, 0.5) is 0 Å². The van der Waals surface area contributed by atoms with E-state index in [0.29, 0.717) is 6.42 Å². The Hall–Kier alpha value is -1.81. The predicted octanol–water partition coefficient (Wildman–Crippen LogP) is 3.27. The van der Waals surface area contributed by atoms with Gasteiger partial charge in [0.15, 0.2) is 5.75 Å². The molecular weight excluding hydrogens is 240 g/mol. The third-order valence-electron chi connectivity index (χ3n) is 3.31. The molecule has 0 amide bonds. The molecule has 1 heterocycles. The second kappa shape index (κ2) is 5.45. The maximum Gasteiger partial charge on any atom is 0.171 e. The smallest absolute Gasteiger partial charge is 0.171 e. The molecule has 0 saturated carbocycles. The SMILES string of the molecule is CCC(O)c1ccc(Oc2c(C)nn(C)c2C)cc1. The zero-order valence-corrected chi connectivity index (χ0v) is 11.8. The fourth-order valence-electron chi connectivity index (χ4n) is 2.01. The molecule has 0 aliphatic heterocycles. The van der Waals surface area contributed by atoms with Crippen LogP contribution in [-0.4, -0.2) is 14.9 Å². The van der Waals surface area contributed by atoms with E-state index in [1.54, 1.807) is 4.68 Å². The molecule has 1 unspecified atom stereocenters. The maximum absolute atomic E-state index is 9.75. The van der Waals surface area contributed by atoms with Crippen molar-refractivity contribution in [2.75, 3.05) is 0 Å². The number of aliphatic hydroxyl groups excluding tert-OH is 1. The van der Waals surface area contributed by atoms with Crippen molar-refractivity contribution in [2.45, 2.75) is 33.3 Å². The van der Waals surface area contributed by atoms with E-state index < -0.39 is 6.10 Å². The molecule has 102 valence electrons. The third-order valence-corrected chi connectivity index (χ3v) is 3.31. The molecule has 4 heteroatoms. The van der Waals surface area contributed by atoms with Gasteiger partial charge in [0.1, 0.15) is 11.4 Å². The highest BCUT2D eigenvalue weighted by Gasteiger charge is 2.12. The largest absolute Gasteiger partial charge is 0.453 e. The fourth-order valence-corrected chi connectivity index (χ4v) is 2.01. The minimum atomic E-state index is -0.407. The molecule has 0 fully saturated rings. The van der Waals surface area contributed by atoms with Gasteiger partial charge in [-0.25, -0.2) is 0 Å². The van der Waals surface area contributed by atoms with E-state index in [4.69, 9.17) is 4.74 Å². The normalized spacial score (nSPS) is 12.5. The number of ether oxygens (including phenoxy) is 1. The van der Waals surface area contributed by atoms with Crippen LogP contribution in [-0.2, 0) is 7.05 Å². The first-order chi connectivity index (χ1) is 9.02. The first kappa shape index (κ1) is 13.6. The molecule has 0 bridgehead atoms. The molecule has 4 nitrogen and oxygen atoms in total. The molecule has 0 aliphatic rings. The minimum Gasteiger partial charge on any atom is -0.453 e. The highest BCUT2D eigenvalue weighted by atomic mass is 16.5. The van der Waals surface area contributed by atoms with E-state index in [9.17, 15) is 5.11 Å².